The first-order valence-electron chi connectivity index (χ1n) is 6.70. The van der Waals surface area contributed by atoms with Crippen LogP contribution in [0.1, 0.15) is 46.5 Å². The molecule has 1 aliphatic rings. The number of hydrogen-bond donors (Lipinski definition) is 2. The van der Waals surface area contributed by atoms with Gasteiger partial charge >= 0.3 is 12.0 Å². The van der Waals surface area contributed by atoms with Crippen molar-refractivity contribution >= 4 is 12.0 Å². The van der Waals surface area contributed by atoms with Crippen LogP contribution in [-0.4, -0.2) is 40.6 Å². The quantitative estimate of drug-likeness (QED) is 0.791. The summed E-state index contributed by atoms with van der Waals surface area (Å²) >= 11 is 0. The van der Waals surface area contributed by atoms with Crippen molar-refractivity contribution in [2.75, 3.05) is 6.54 Å². The van der Waals surface area contributed by atoms with Gasteiger partial charge in [0, 0.05) is 25.0 Å². The van der Waals surface area contributed by atoms with Gasteiger partial charge in [-0.05, 0) is 32.1 Å². The maximum Gasteiger partial charge on any atom is 0.317 e. The molecule has 0 aromatic rings. The maximum atomic E-state index is 12.1. The fraction of sp³-hybridized carbons (Fsp3) is 0.846. The summed E-state index contributed by atoms with van der Waals surface area (Å²) < 4.78 is 0. The van der Waals surface area contributed by atoms with Crippen LogP contribution in [0.2, 0.25) is 0 Å². The standard InChI is InChI=1S/C13H24N2O3/c1-9(2)11-5-4-8-15(11)13(18)14-10(3)6-7-12(16)17/h9-11H,4-8H2,1-3H3,(H,14,18)(H,16,17). The van der Waals surface area contributed by atoms with E-state index in [4.69, 9.17) is 5.11 Å². The normalized spacial score (nSPS) is 21.1. The van der Waals surface area contributed by atoms with E-state index in [2.05, 4.69) is 19.2 Å². The second-order valence-corrected chi connectivity index (χ2v) is 5.43. The van der Waals surface area contributed by atoms with Crippen LogP contribution in [0.15, 0.2) is 0 Å². The van der Waals surface area contributed by atoms with Crippen LogP contribution >= 0.6 is 0 Å². The third kappa shape index (κ3) is 4.20. The predicted octanol–water partition coefficient (Wildman–Crippen LogP) is 2.07. The molecule has 1 saturated heterocycles. The van der Waals surface area contributed by atoms with Gasteiger partial charge in [-0.3, -0.25) is 4.79 Å². The minimum atomic E-state index is -0.822. The van der Waals surface area contributed by atoms with Crippen LogP contribution in [0.25, 0.3) is 0 Å². The molecule has 5 heteroatoms. The summed E-state index contributed by atoms with van der Waals surface area (Å²) in [6.45, 7) is 6.91. The fourth-order valence-corrected chi connectivity index (χ4v) is 2.44. The average molecular weight is 256 g/mol. The van der Waals surface area contributed by atoms with Crippen molar-refractivity contribution in [2.24, 2.45) is 5.92 Å². The SMILES string of the molecule is CC(CCC(=O)O)NC(=O)N1CCCC1C(C)C. The first kappa shape index (κ1) is 14.8. The van der Waals surface area contributed by atoms with Crippen LogP contribution in [0.3, 0.4) is 0 Å². The van der Waals surface area contributed by atoms with Gasteiger partial charge in [0.1, 0.15) is 0 Å². The number of carboxylic acid groups (broad SMARTS) is 1. The molecule has 0 aromatic carbocycles. The molecule has 0 spiro atoms. The minimum Gasteiger partial charge on any atom is -0.481 e. The van der Waals surface area contributed by atoms with Crippen LogP contribution in [0, 0.1) is 5.92 Å². The van der Waals surface area contributed by atoms with Crippen LogP contribution in [-0.2, 0) is 4.79 Å². The lowest BCUT2D eigenvalue weighted by atomic mass is 10.0. The van der Waals surface area contributed by atoms with Crippen molar-refractivity contribution in [3.8, 4) is 0 Å². The second-order valence-electron chi connectivity index (χ2n) is 5.43. The summed E-state index contributed by atoms with van der Waals surface area (Å²) in [4.78, 5) is 24.4. The number of aliphatic carboxylic acids is 1. The van der Waals surface area contributed by atoms with Gasteiger partial charge in [0.05, 0.1) is 0 Å². The molecule has 5 nitrogen and oxygen atoms in total. The molecule has 1 rings (SSSR count). The molecule has 104 valence electrons. The molecule has 0 aliphatic carbocycles. The number of hydrogen-bond acceptors (Lipinski definition) is 2. The molecule has 2 atom stereocenters. The Hall–Kier alpha value is -1.26. The topological polar surface area (TPSA) is 69.6 Å². The summed E-state index contributed by atoms with van der Waals surface area (Å²) in [5.74, 6) is -0.357. The van der Waals surface area contributed by atoms with Gasteiger partial charge in [0.2, 0.25) is 0 Å². The van der Waals surface area contributed by atoms with Gasteiger partial charge in [-0.1, -0.05) is 13.8 Å². The van der Waals surface area contributed by atoms with Crippen molar-refractivity contribution in [3.63, 3.8) is 0 Å². The largest absolute Gasteiger partial charge is 0.481 e. The number of amides is 2. The third-order valence-electron chi connectivity index (χ3n) is 3.49. The fourth-order valence-electron chi connectivity index (χ4n) is 2.44. The van der Waals surface area contributed by atoms with E-state index in [1.807, 2.05) is 11.8 Å². The first-order valence-corrected chi connectivity index (χ1v) is 6.70. The van der Waals surface area contributed by atoms with Crippen molar-refractivity contribution < 1.29 is 14.7 Å². The number of urea groups is 1. The number of carbonyl (C=O) groups is 2. The van der Waals surface area contributed by atoms with Gasteiger partial charge in [-0.15, -0.1) is 0 Å². The Kier molecular flexibility index (Phi) is 5.44. The average Bonchev–Trinajstić information content (AvgIpc) is 2.75. The van der Waals surface area contributed by atoms with E-state index in [9.17, 15) is 9.59 Å². The first-order chi connectivity index (χ1) is 8.41. The van der Waals surface area contributed by atoms with E-state index in [0.717, 1.165) is 19.4 Å². The Balaban J connectivity index is 2.42. The van der Waals surface area contributed by atoms with Crippen molar-refractivity contribution in [2.45, 2.75) is 58.5 Å². The molecule has 1 fully saturated rings. The highest BCUT2D eigenvalue weighted by Gasteiger charge is 2.31. The Morgan fingerprint density at radius 3 is 2.61 bits per heavy atom. The lowest BCUT2D eigenvalue weighted by Crippen LogP contribution is -2.47. The van der Waals surface area contributed by atoms with Crippen LogP contribution in [0.4, 0.5) is 4.79 Å². The molecule has 0 aromatic heterocycles. The Labute approximate surface area is 109 Å². The van der Waals surface area contributed by atoms with E-state index in [-0.39, 0.29) is 18.5 Å². The lowest BCUT2D eigenvalue weighted by molar-refractivity contribution is -0.137. The Morgan fingerprint density at radius 1 is 1.39 bits per heavy atom. The summed E-state index contributed by atoms with van der Waals surface area (Å²) in [5.41, 5.74) is 0. The van der Waals surface area contributed by atoms with Gasteiger partial charge in [-0.2, -0.15) is 0 Å². The molecule has 0 saturated carbocycles. The molecule has 18 heavy (non-hydrogen) atoms. The van der Waals surface area contributed by atoms with Crippen LogP contribution < -0.4 is 5.32 Å². The zero-order valence-corrected chi connectivity index (χ0v) is 11.5. The molecule has 0 bridgehead atoms. The molecule has 1 heterocycles. The lowest BCUT2D eigenvalue weighted by Gasteiger charge is -2.29. The van der Waals surface area contributed by atoms with Gasteiger partial charge < -0.3 is 15.3 Å². The highest BCUT2D eigenvalue weighted by molar-refractivity contribution is 5.75. The van der Waals surface area contributed by atoms with E-state index in [0.29, 0.717) is 18.4 Å². The Morgan fingerprint density at radius 2 is 2.06 bits per heavy atom. The van der Waals surface area contributed by atoms with Gasteiger partial charge in [-0.25, -0.2) is 4.79 Å². The number of carbonyl (C=O) groups excluding carboxylic acids is 1. The minimum absolute atomic E-state index is 0.0518. The number of nitrogens with one attached hydrogen (secondary N) is 1. The molecular formula is C13H24N2O3. The predicted molar refractivity (Wildman–Crippen MR) is 69.4 cm³/mol. The summed E-state index contributed by atoms with van der Waals surface area (Å²) in [5, 5.41) is 11.5. The zero-order chi connectivity index (χ0) is 13.7. The van der Waals surface area contributed by atoms with Crippen molar-refractivity contribution in [1.82, 2.24) is 10.2 Å². The number of nitrogens with zero attached hydrogens (tertiary/aromatic N) is 1. The summed E-state index contributed by atoms with van der Waals surface area (Å²) in [6.07, 6.45) is 2.69. The van der Waals surface area contributed by atoms with E-state index in [1.165, 1.54) is 0 Å². The highest BCUT2D eigenvalue weighted by atomic mass is 16.4. The molecule has 2 unspecified atom stereocenters. The summed E-state index contributed by atoms with van der Waals surface area (Å²) in [6, 6.07) is 0.169. The second kappa shape index (κ2) is 6.61. The molecule has 2 N–H and O–H groups in total. The van der Waals surface area contributed by atoms with Crippen LogP contribution in [0.5, 0.6) is 0 Å². The van der Waals surface area contributed by atoms with Crippen molar-refractivity contribution in [3.05, 3.63) is 0 Å². The molecule has 0 radical (unpaired) electrons. The number of likely N-dealkylation sites (tertiary alicyclic amines) is 1. The van der Waals surface area contributed by atoms with Gasteiger partial charge in [0.25, 0.3) is 0 Å². The van der Waals surface area contributed by atoms with E-state index < -0.39 is 5.97 Å². The number of rotatable bonds is 5. The third-order valence-corrected chi connectivity index (χ3v) is 3.49. The monoisotopic (exact) mass is 256 g/mol. The maximum absolute atomic E-state index is 12.1. The molecule has 1 aliphatic heterocycles. The Bertz CT molecular complexity index is 305. The highest BCUT2D eigenvalue weighted by Crippen LogP contribution is 2.23. The van der Waals surface area contributed by atoms with Crippen molar-refractivity contribution in [1.29, 1.82) is 0 Å². The van der Waals surface area contributed by atoms with Gasteiger partial charge in [0.15, 0.2) is 0 Å². The van der Waals surface area contributed by atoms with E-state index in [1.54, 1.807) is 0 Å². The molecular weight excluding hydrogens is 232 g/mol. The summed E-state index contributed by atoms with van der Waals surface area (Å²) in [7, 11) is 0. The smallest absolute Gasteiger partial charge is 0.317 e. The van der Waals surface area contributed by atoms with E-state index >= 15 is 0 Å². The molecule has 2 amide bonds. The zero-order valence-electron chi connectivity index (χ0n) is 11.5. The number of carboxylic acids is 1.